The Labute approximate surface area is 314 Å². The van der Waals surface area contributed by atoms with Gasteiger partial charge in [0, 0.05) is 38.6 Å². The van der Waals surface area contributed by atoms with Crippen LogP contribution in [0.4, 0.5) is 5.69 Å². The number of para-hydroxylation sites is 2. The largest absolute Gasteiger partial charge is 0.309 e. The number of hydrogen-bond donors (Lipinski definition) is 0. The van der Waals surface area contributed by atoms with Crippen molar-refractivity contribution in [1.29, 1.82) is 0 Å². The molecule has 7 aromatic carbocycles. The van der Waals surface area contributed by atoms with E-state index in [0.29, 0.717) is 11.5 Å². The number of aromatic nitrogens is 3. The molecule has 0 saturated heterocycles. The smallest absolute Gasteiger partial charge is 0.194 e. The molecule has 10 rings (SSSR count). The average molecular weight is 691 g/mol. The molecule has 0 atom stereocenters. The maximum absolute atomic E-state index is 8.10. The average Bonchev–Trinajstić information content (AvgIpc) is 3.69. The van der Waals surface area contributed by atoms with E-state index in [2.05, 4.69) is 132 Å². The van der Waals surface area contributed by atoms with Crippen molar-refractivity contribution in [3.05, 3.63) is 192 Å². The van der Waals surface area contributed by atoms with Crippen LogP contribution < -0.4 is 0 Å². The van der Waals surface area contributed by atoms with E-state index in [1.807, 2.05) is 60.7 Å². The third kappa shape index (κ3) is 4.90. The van der Waals surface area contributed by atoms with E-state index in [-0.39, 0.29) is 5.41 Å². The highest BCUT2D eigenvalue weighted by molar-refractivity contribution is 6.13. The molecular weight excluding hydrogens is 657 g/mol. The van der Waals surface area contributed by atoms with Crippen LogP contribution in [-0.4, -0.2) is 14.5 Å². The fraction of sp³-hybridized carbons (Fsp3) is 0.0600. The minimum Gasteiger partial charge on any atom is -0.309 e. The van der Waals surface area contributed by atoms with Crippen molar-refractivity contribution in [2.75, 3.05) is 0 Å². The number of nitrogens with zero attached hydrogens (tertiary/aromatic N) is 4. The lowest BCUT2D eigenvalue weighted by atomic mass is 9.81. The Hall–Kier alpha value is -7.09. The van der Waals surface area contributed by atoms with Crippen molar-refractivity contribution >= 4 is 27.5 Å². The van der Waals surface area contributed by atoms with Gasteiger partial charge in [-0.1, -0.05) is 153 Å². The summed E-state index contributed by atoms with van der Waals surface area (Å²) in [5.74, 6) is 0.662. The minimum atomic E-state index is -0.226. The van der Waals surface area contributed by atoms with Crippen LogP contribution in [0, 0.1) is 6.57 Å². The van der Waals surface area contributed by atoms with Gasteiger partial charge in [0.2, 0.25) is 0 Å². The second-order valence-electron chi connectivity index (χ2n) is 14.5. The molecule has 254 valence electrons. The third-order valence-electron chi connectivity index (χ3n) is 11.0. The molecule has 1 aliphatic carbocycles. The van der Waals surface area contributed by atoms with Gasteiger partial charge in [0.25, 0.3) is 0 Å². The maximum Gasteiger partial charge on any atom is 0.194 e. The molecule has 2 heterocycles. The van der Waals surface area contributed by atoms with Crippen LogP contribution in [0.1, 0.15) is 25.0 Å². The Morgan fingerprint density at radius 2 is 1.15 bits per heavy atom. The monoisotopic (exact) mass is 690 g/mol. The van der Waals surface area contributed by atoms with Gasteiger partial charge in [-0.2, -0.15) is 0 Å². The summed E-state index contributed by atoms with van der Waals surface area (Å²) in [6.45, 7) is 12.8. The topological polar surface area (TPSA) is 35.1 Å². The van der Waals surface area contributed by atoms with Crippen molar-refractivity contribution in [3.63, 3.8) is 0 Å². The lowest BCUT2D eigenvalue weighted by Gasteiger charge is -2.24. The third-order valence-corrected chi connectivity index (χ3v) is 11.0. The van der Waals surface area contributed by atoms with E-state index >= 15 is 0 Å². The van der Waals surface area contributed by atoms with Gasteiger partial charge < -0.3 is 4.57 Å². The van der Waals surface area contributed by atoms with Crippen molar-refractivity contribution < 1.29 is 0 Å². The summed E-state index contributed by atoms with van der Waals surface area (Å²) in [4.78, 5) is 14.3. The van der Waals surface area contributed by atoms with Gasteiger partial charge in [-0.25, -0.2) is 14.8 Å². The van der Waals surface area contributed by atoms with Crippen molar-refractivity contribution in [2.24, 2.45) is 0 Å². The Kier molecular flexibility index (Phi) is 7.18. The number of benzene rings is 7. The number of rotatable bonds is 5. The van der Waals surface area contributed by atoms with E-state index in [0.717, 1.165) is 50.4 Å². The number of fused-ring (bicyclic) bond motifs is 7. The van der Waals surface area contributed by atoms with Crippen molar-refractivity contribution in [2.45, 2.75) is 19.3 Å². The molecule has 0 spiro atoms. The van der Waals surface area contributed by atoms with Gasteiger partial charge in [-0.05, 0) is 63.7 Å². The summed E-state index contributed by atoms with van der Waals surface area (Å²) in [5.41, 5.74) is 15.4. The van der Waals surface area contributed by atoms with E-state index < -0.39 is 0 Å². The summed E-state index contributed by atoms with van der Waals surface area (Å²) in [5, 5.41) is 2.42. The van der Waals surface area contributed by atoms with Crippen molar-refractivity contribution in [1.82, 2.24) is 14.5 Å². The summed E-state index contributed by atoms with van der Waals surface area (Å²) in [7, 11) is 0. The summed E-state index contributed by atoms with van der Waals surface area (Å²) >= 11 is 0. The minimum absolute atomic E-state index is 0.226. The first-order chi connectivity index (χ1) is 26.5. The fourth-order valence-electron chi connectivity index (χ4n) is 8.51. The highest BCUT2D eigenvalue weighted by Gasteiger charge is 2.38. The lowest BCUT2D eigenvalue weighted by Crippen LogP contribution is -2.16. The highest BCUT2D eigenvalue weighted by Crippen LogP contribution is 2.53. The SMILES string of the molecule is [C-]#[N+]c1ccccc1-c1cc(-c2cc(-c3ccccc3)nc(-c3ccccc3)n2)cc(-n2c3ccccc3c3ccc4c(c32)C(C)(C)c2ccccc2-4)c1. The molecule has 0 aliphatic heterocycles. The van der Waals surface area contributed by atoms with E-state index in [1.54, 1.807) is 0 Å². The molecule has 1 aliphatic rings. The molecule has 0 N–H and O–H groups in total. The summed E-state index contributed by atoms with van der Waals surface area (Å²) < 4.78 is 2.45. The first kappa shape index (κ1) is 31.6. The molecule has 2 aromatic heterocycles. The number of hydrogen-bond acceptors (Lipinski definition) is 2. The summed E-state index contributed by atoms with van der Waals surface area (Å²) in [6.07, 6.45) is 0. The molecule has 54 heavy (non-hydrogen) atoms. The van der Waals surface area contributed by atoms with E-state index in [4.69, 9.17) is 16.5 Å². The van der Waals surface area contributed by atoms with Gasteiger partial charge in [0.15, 0.2) is 11.5 Å². The standard InChI is InChI=1S/C50H34N4/c1-50(2)42-23-13-10-21-38(42)40-26-27-41-39-22-12-15-25-46(39)54(48(41)47(40)50)36-29-34(37-20-11-14-24-43(37)51-3)28-35(30-36)45-31-44(32-16-6-4-7-17-32)52-49(53-45)33-18-8-5-9-19-33/h4-31H,1-2H3. The summed E-state index contributed by atoms with van der Waals surface area (Å²) in [6, 6.07) is 59.3. The molecule has 0 bridgehead atoms. The predicted molar refractivity (Wildman–Crippen MR) is 222 cm³/mol. The fourth-order valence-corrected chi connectivity index (χ4v) is 8.51. The van der Waals surface area contributed by atoms with Crippen LogP contribution in [-0.2, 0) is 5.41 Å². The lowest BCUT2D eigenvalue weighted by molar-refractivity contribution is 0.664. The molecule has 0 fully saturated rings. The van der Waals surface area contributed by atoms with Gasteiger partial charge in [-0.3, -0.25) is 0 Å². The van der Waals surface area contributed by atoms with E-state index in [1.165, 1.54) is 38.5 Å². The maximum atomic E-state index is 8.10. The van der Waals surface area contributed by atoms with Crippen LogP contribution in [0.3, 0.4) is 0 Å². The Bertz CT molecular complexity index is 2910. The second-order valence-corrected chi connectivity index (χ2v) is 14.5. The van der Waals surface area contributed by atoms with Crippen LogP contribution >= 0.6 is 0 Å². The normalized spacial score (nSPS) is 12.8. The molecule has 4 nitrogen and oxygen atoms in total. The van der Waals surface area contributed by atoms with Gasteiger partial charge >= 0.3 is 0 Å². The molecule has 4 heteroatoms. The quantitative estimate of drug-likeness (QED) is 0.169. The molecule has 0 amide bonds. The molecule has 9 aromatic rings. The van der Waals surface area contributed by atoms with Crippen LogP contribution in [0.15, 0.2) is 170 Å². The molecule has 0 radical (unpaired) electrons. The zero-order valence-corrected chi connectivity index (χ0v) is 30.0. The van der Waals surface area contributed by atoms with Crippen LogP contribution in [0.5, 0.6) is 0 Å². The Morgan fingerprint density at radius 3 is 1.93 bits per heavy atom. The highest BCUT2D eigenvalue weighted by atomic mass is 15.0. The molecular formula is C50H34N4. The van der Waals surface area contributed by atoms with Gasteiger partial charge in [0.1, 0.15) is 0 Å². The molecule has 0 unspecified atom stereocenters. The van der Waals surface area contributed by atoms with Gasteiger partial charge in [0.05, 0.1) is 29.0 Å². The van der Waals surface area contributed by atoms with E-state index in [9.17, 15) is 0 Å². The van der Waals surface area contributed by atoms with Crippen LogP contribution in [0.25, 0.3) is 88.5 Å². The zero-order valence-electron chi connectivity index (χ0n) is 30.0. The Balaban J connectivity index is 1.31. The second kappa shape index (κ2) is 12.3. The first-order valence-corrected chi connectivity index (χ1v) is 18.3. The van der Waals surface area contributed by atoms with Gasteiger partial charge in [-0.15, -0.1) is 0 Å². The van der Waals surface area contributed by atoms with Crippen LogP contribution in [0.2, 0.25) is 0 Å². The van der Waals surface area contributed by atoms with Crippen molar-refractivity contribution in [3.8, 4) is 61.8 Å². The molecule has 0 saturated carbocycles. The predicted octanol–water partition coefficient (Wildman–Crippen LogP) is 13.1. The Morgan fingerprint density at radius 1 is 0.519 bits per heavy atom. The first-order valence-electron chi connectivity index (χ1n) is 18.3. The zero-order chi connectivity index (χ0) is 36.4.